The second kappa shape index (κ2) is 5.73. The number of thiazole rings is 1. The highest BCUT2D eigenvalue weighted by Gasteiger charge is 2.06. The predicted molar refractivity (Wildman–Crippen MR) is 86.1 cm³/mol. The van der Waals surface area contributed by atoms with E-state index in [1.54, 1.807) is 11.3 Å². The summed E-state index contributed by atoms with van der Waals surface area (Å²) in [5.41, 5.74) is 9.63. The second-order valence-electron chi connectivity index (χ2n) is 5.01. The lowest BCUT2D eigenvalue weighted by molar-refractivity contribution is 0.698. The molecule has 0 aliphatic carbocycles. The van der Waals surface area contributed by atoms with Gasteiger partial charge in [0.1, 0.15) is 0 Å². The van der Waals surface area contributed by atoms with Crippen LogP contribution in [0.1, 0.15) is 35.5 Å². The molecule has 0 aliphatic heterocycles. The van der Waals surface area contributed by atoms with Crippen molar-refractivity contribution in [1.82, 2.24) is 4.98 Å². The van der Waals surface area contributed by atoms with Gasteiger partial charge in [-0.1, -0.05) is 43.3 Å². The topological polar surface area (TPSA) is 38.9 Å². The largest absolute Gasteiger partial charge is 0.324 e. The fourth-order valence-corrected chi connectivity index (χ4v) is 3.29. The second-order valence-corrected chi connectivity index (χ2v) is 6.12. The predicted octanol–water partition coefficient (Wildman–Crippen LogP) is 4.30. The third-order valence-electron chi connectivity index (χ3n) is 3.54. The number of benzene rings is 2. The van der Waals surface area contributed by atoms with E-state index in [2.05, 4.69) is 54.4 Å². The van der Waals surface area contributed by atoms with Gasteiger partial charge in [-0.15, -0.1) is 11.3 Å². The van der Waals surface area contributed by atoms with Crippen molar-refractivity contribution in [2.75, 3.05) is 0 Å². The molecule has 1 atom stereocenters. The Labute approximate surface area is 123 Å². The average molecular weight is 282 g/mol. The first-order valence-electron chi connectivity index (χ1n) is 6.95. The van der Waals surface area contributed by atoms with E-state index in [9.17, 15) is 0 Å². The van der Waals surface area contributed by atoms with Gasteiger partial charge in [0.2, 0.25) is 0 Å². The van der Waals surface area contributed by atoms with Crippen molar-refractivity contribution in [2.45, 2.75) is 25.8 Å². The Morgan fingerprint density at radius 3 is 2.55 bits per heavy atom. The average Bonchev–Trinajstić information content (AvgIpc) is 2.89. The summed E-state index contributed by atoms with van der Waals surface area (Å²) in [6.45, 7) is 2.11. The fraction of sp³-hybridized carbons (Fsp3) is 0.235. The van der Waals surface area contributed by atoms with Crippen LogP contribution < -0.4 is 5.73 Å². The van der Waals surface area contributed by atoms with E-state index in [1.807, 2.05) is 6.07 Å². The zero-order chi connectivity index (χ0) is 13.9. The lowest BCUT2D eigenvalue weighted by Gasteiger charge is -2.09. The molecule has 0 radical (unpaired) electrons. The van der Waals surface area contributed by atoms with Crippen LogP contribution in [0.4, 0.5) is 0 Å². The molecule has 2 nitrogen and oxygen atoms in total. The Hall–Kier alpha value is -1.71. The van der Waals surface area contributed by atoms with E-state index in [-0.39, 0.29) is 6.04 Å². The molecule has 0 amide bonds. The van der Waals surface area contributed by atoms with Crippen LogP contribution in [-0.2, 0) is 6.42 Å². The van der Waals surface area contributed by atoms with E-state index in [0.717, 1.165) is 18.4 Å². The highest BCUT2D eigenvalue weighted by Crippen LogP contribution is 2.24. The highest BCUT2D eigenvalue weighted by atomic mass is 32.1. The first-order chi connectivity index (χ1) is 9.76. The van der Waals surface area contributed by atoms with E-state index >= 15 is 0 Å². The minimum Gasteiger partial charge on any atom is -0.324 e. The molecular formula is C17H18N2S. The zero-order valence-corrected chi connectivity index (χ0v) is 12.4. The summed E-state index contributed by atoms with van der Waals surface area (Å²) in [6, 6.07) is 17.0. The maximum Gasteiger partial charge on any atom is 0.0982 e. The molecule has 2 N–H and O–H groups in total. The summed E-state index contributed by atoms with van der Waals surface area (Å²) in [7, 11) is 0. The first kappa shape index (κ1) is 13.3. The summed E-state index contributed by atoms with van der Waals surface area (Å²) in [5, 5.41) is 1.17. The molecular weight excluding hydrogens is 264 g/mol. The molecule has 0 aliphatic rings. The summed E-state index contributed by atoms with van der Waals surface area (Å²) >= 11 is 1.77. The van der Waals surface area contributed by atoms with E-state index in [4.69, 9.17) is 5.73 Å². The Balaban J connectivity index is 1.80. The molecule has 1 heterocycles. The van der Waals surface area contributed by atoms with Crippen molar-refractivity contribution in [3.05, 3.63) is 64.7 Å². The molecule has 3 rings (SSSR count). The number of para-hydroxylation sites is 1. The third kappa shape index (κ3) is 2.74. The number of rotatable bonds is 4. The molecule has 0 spiro atoms. The number of nitrogens with two attached hydrogens (primary N) is 1. The fourth-order valence-electron chi connectivity index (χ4n) is 2.29. The molecule has 0 bridgehead atoms. The lowest BCUT2D eigenvalue weighted by atomic mass is 10.0. The normalized spacial score (nSPS) is 12.7. The first-order valence-corrected chi connectivity index (χ1v) is 7.77. The van der Waals surface area contributed by atoms with Gasteiger partial charge in [-0.25, -0.2) is 4.98 Å². The Bertz CT molecular complexity index is 667. The highest BCUT2D eigenvalue weighted by molar-refractivity contribution is 7.18. The zero-order valence-electron chi connectivity index (χ0n) is 11.5. The molecule has 3 aromatic rings. The van der Waals surface area contributed by atoms with Gasteiger partial charge in [-0.2, -0.15) is 0 Å². The molecule has 0 saturated carbocycles. The molecule has 1 aromatic heterocycles. The maximum absolute atomic E-state index is 6.04. The van der Waals surface area contributed by atoms with Crippen molar-refractivity contribution in [1.29, 1.82) is 0 Å². The van der Waals surface area contributed by atoms with Gasteiger partial charge in [-0.05, 0) is 29.7 Å². The number of hydrogen-bond donors (Lipinski definition) is 1. The quantitative estimate of drug-likeness (QED) is 0.775. The van der Waals surface area contributed by atoms with E-state index in [1.165, 1.54) is 20.8 Å². The minimum absolute atomic E-state index is 0.145. The van der Waals surface area contributed by atoms with Crippen LogP contribution in [0.2, 0.25) is 0 Å². The van der Waals surface area contributed by atoms with Gasteiger partial charge in [0.15, 0.2) is 0 Å². The molecule has 102 valence electrons. The van der Waals surface area contributed by atoms with Gasteiger partial charge in [0, 0.05) is 12.5 Å². The number of fused-ring (bicyclic) bond motifs is 1. The van der Waals surface area contributed by atoms with Crippen molar-refractivity contribution in [2.24, 2.45) is 5.73 Å². The van der Waals surface area contributed by atoms with Crippen LogP contribution in [-0.4, -0.2) is 4.98 Å². The maximum atomic E-state index is 6.04. The summed E-state index contributed by atoms with van der Waals surface area (Å²) in [6.07, 6.45) is 1.86. The summed E-state index contributed by atoms with van der Waals surface area (Å²) < 4.78 is 1.26. The van der Waals surface area contributed by atoms with Gasteiger partial charge in [0.05, 0.1) is 15.2 Å². The smallest absolute Gasteiger partial charge is 0.0982 e. The Kier molecular flexibility index (Phi) is 3.81. The van der Waals surface area contributed by atoms with E-state index < -0.39 is 0 Å². The third-order valence-corrected chi connectivity index (χ3v) is 4.58. The van der Waals surface area contributed by atoms with Crippen LogP contribution in [0.5, 0.6) is 0 Å². The SMILES string of the molecule is CCC(N)c1ccc(Cc2nc3ccccc3s2)cc1. The van der Waals surface area contributed by atoms with Gasteiger partial charge in [-0.3, -0.25) is 0 Å². The van der Waals surface area contributed by atoms with E-state index in [0.29, 0.717) is 0 Å². The molecule has 1 unspecified atom stereocenters. The number of nitrogens with zero attached hydrogens (tertiary/aromatic N) is 1. The van der Waals surface area contributed by atoms with Crippen LogP contribution in [0, 0.1) is 0 Å². The lowest BCUT2D eigenvalue weighted by Crippen LogP contribution is -2.08. The molecule has 0 saturated heterocycles. The molecule has 0 fully saturated rings. The van der Waals surface area contributed by atoms with Gasteiger partial charge >= 0.3 is 0 Å². The van der Waals surface area contributed by atoms with Crippen molar-refractivity contribution in [3.8, 4) is 0 Å². The number of hydrogen-bond acceptors (Lipinski definition) is 3. The van der Waals surface area contributed by atoms with Crippen molar-refractivity contribution < 1.29 is 0 Å². The van der Waals surface area contributed by atoms with Crippen molar-refractivity contribution in [3.63, 3.8) is 0 Å². The summed E-state index contributed by atoms with van der Waals surface area (Å²) in [5.74, 6) is 0. The Morgan fingerprint density at radius 1 is 1.10 bits per heavy atom. The van der Waals surface area contributed by atoms with Crippen LogP contribution in [0.15, 0.2) is 48.5 Å². The van der Waals surface area contributed by atoms with Gasteiger partial charge in [0.25, 0.3) is 0 Å². The minimum atomic E-state index is 0.145. The monoisotopic (exact) mass is 282 g/mol. The van der Waals surface area contributed by atoms with Crippen LogP contribution in [0.25, 0.3) is 10.2 Å². The van der Waals surface area contributed by atoms with Gasteiger partial charge < -0.3 is 5.73 Å². The Morgan fingerprint density at radius 2 is 1.85 bits per heavy atom. The van der Waals surface area contributed by atoms with Crippen LogP contribution in [0.3, 0.4) is 0 Å². The van der Waals surface area contributed by atoms with Crippen LogP contribution >= 0.6 is 11.3 Å². The van der Waals surface area contributed by atoms with Crippen molar-refractivity contribution >= 4 is 21.6 Å². The molecule has 2 aromatic carbocycles. The standard InChI is InChI=1S/C17H18N2S/c1-2-14(18)13-9-7-12(8-10-13)11-17-19-15-5-3-4-6-16(15)20-17/h3-10,14H,2,11,18H2,1H3. The molecule has 20 heavy (non-hydrogen) atoms. The summed E-state index contributed by atoms with van der Waals surface area (Å²) in [4.78, 5) is 4.68. The molecule has 3 heteroatoms. The number of aromatic nitrogens is 1.